The Labute approximate surface area is 116 Å². The summed E-state index contributed by atoms with van der Waals surface area (Å²) in [4.78, 5) is 11.7. The van der Waals surface area contributed by atoms with E-state index in [9.17, 15) is 9.90 Å². The molecule has 4 rings (SSSR count). The maximum Gasteiger partial charge on any atom is 0.337 e. The van der Waals surface area contributed by atoms with E-state index in [4.69, 9.17) is 18.9 Å². The highest BCUT2D eigenvalue weighted by molar-refractivity contribution is 5.86. The van der Waals surface area contributed by atoms with Crippen molar-refractivity contribution in [2.75, 3.05) is 7.11 Å². The van der Waals surface area contributed by atoms with Crippen LogP contribution in [0.25, 0.3) is 0 Å². The van der Waals surface area contributed by atoms with Crippen molar-refractivity contribution in [2.45, 2.75) is 50.5 Å². The molecule has 4 heterocycles. The standard InChI is InChI=1S/C14H18O6/c1-7-8-6-11(2)12(3,18-8)13(7,16)20-14(11)9(17-4)5-10(15)19-14/h5,7-8,16H,6H2,1-4H3/t7-,8+,11+,12-,13-,14+/m1/s1. The van der Waals surface area contributed by atoms with Gasteiger partial charge >= 0.3 is 5.97 Å². The molecule has 110 valence electrons. The SMILES string of the molecule is COC1=CC(=O)O[C@]12O[C@]1(O)[C@H](C)[C@@H]3C[C@@]2(C)[C@@]1(C)O3. The lowest BCUT2D eigenvalue weighted by Gasteiger charge is -2.42. The highest BCUT2D eigenvalue weighted by Crippen LogP contribution is 2.74. The maximum atomic E-state index is 11.7. The van der Waals surface area contributed by atoms with Crippen LogP contribution in [0, 0.1) is 11.3 Å². The van der Waals surface area contributed by atoms with Crippen LogP contribution in [0.5, 0.6) is 0 Å². The zero-order chi connectivity index (χ0) is 14.6. The monoisotopic (exact) mass is 282 g/mol. The van der Waals surface area contributed by atoms with Gasteiger partial charge in [-0.2, -0.15) is 0 Å². The Kier molecular flexibility index (Phi) is 1.93. The van der Waals surface area contributed by atoms with Gasteiger partial charge in [-0.25, -0.2) is 4.79 Å². The van der Waals surface area contributed by atoms with Gasteiger partial charge in [-0.1, -0.05) is 6.92 Å². The predicted molar refractivity (Wildman–Crippen MR) is 65.1 cm³/mol. The highest BCUT2D eigenvalue weighted by atomic mass is 16.8. The Bertz CT molecular complexity index is 558. The zero-order valence-electron chi connectivity index (χ0n) is 11.9. The Morgan fingerprint density at radius 1 is 1.45 bits per heavy atom. The molecule has 3 fully saturated rings. The topological polar surface area (TPSA) is 74.2 Å². The van der Waals surface area contributed by atoms with Gasteiger partial charge in [0.1, 0.15) is 5.60 Å². The molecule has 0 aromatic carbocycles. The summed E-state index contributed by atoms with van der Waals surface area (Å²) in [5.74, 6) is -3.31. The average Bonchev–Trinajstić information content (AvgIpc) is 2.93. The number of hydrogen-bond acceptors (Lipinski definition) is 6. The molecule has 2 bridgehead atoms. The van der Waals surface area contributed by atoms with Gasteiger partial charge in [-0.3, -0.25) is 4.74 Å². The average molecular weight is 282 g/mol. The van der Waals surface area contributed by atoms with Gasteiger partial charge in [-0.15, -0.1) is 0 Å². The lowest BCUT2D eigenvalue weighted by atomic mass is 9.60. The smallest absolute Gasteiger partial charge is 0.337 e. The van der Waals surface area contributed by atoms with E-state index in [1.165, 1.54) is 13.2 Å². The minimum atomic E-state index is -1.49. The van der Waals surface area contributed by atoms with E-state index in [1.54, 1.807) is 0 Å². The van der Waals surface area contributed by atoms with E-state index in [2.05, 4.69) is 0 Å². The first-order valence-electron chi connectivity index (χ1n) is 6.83. The molecular weight excluding hydrogens is 264 g/mol. The number of rotatable bonds is 1. The quantitative estimate of drug-likeness (QED) is 0.713. The van der Waals surface area contributed by atoms with Crippen molar-refractivity contribution in [1.82, 2.24) is 0 Å². The Morgan fingerprint density at radius 2 is 2.15 bits per heavy atom. The van der Waals surface area contributed by atoms with Crippen LogP contribution in [0.15, 0.2) is 11.8 Å². The Morgan fingerprint density at radius 3 is 2.70 bits per heavy atom. The van der Waals surface area contributed by atoms with E-state index >= 15 is 0 Å². The largest absolute Gasteiger partial charge is 0.494 e. The maximum absolute atomic E-state index is 11.7. The molecule has 0 aliphatic carbocycles. The number of esters is 1. The molecule has 6 atom stereocenters. The van der Waals surface area contributed by atoms with E-state index < -0.39 is 28.6 Å². The first-order valence-corrected chi connectivity index (χ1v) is 6.83. The van der Waals surface area contributed by atoms with Crippen molar-refractivity contribution in [2.24, 2.45) is 11.3 Å². The molecule has 3 saturated heterocycles. The number of carbonyl (C=O) groups excluding carboxylic acids is 1. The van der Waals surface area contributed by atoms with Crippen LogP contribution < -0.4 is 0 Å². The van der Waals surface area contributed by atoms with E-state index in [0.717, 1.165) is 0 Å². The zero-order valence-corrected chi connectivity index (χ0v) is 11.9. The van der Waals surface area contributed by atoms with Gasteiger partial charge in [0.2, 0.25) is 5.79 Å². The normalized spacial score (nSPS) is 59.2. The third-order valence-electron chi connectivity index (χ3n) is 5.97. The summed E-state index contributed by atoms with van der Waals surface area (Å²) in [5, 5.41) is 11.0. The molecule has 20 heavy (non-hydrogen) atoms. The number of ether oxygens (including phenoxy) is 4. The number of fused-ring (bicyclic) bond motifs is 2. The summed E-state index contributed by atoms with van der Waals surface area (Å²) in [5.41, 5.74) is -1.63. The highest BCUT2D eigenvalue weighted by Gasteiger charge is 2.89. The van der Waals surface area contributed by atoms with Crippen LogP contribution in [0.3, 0.4) is 0 Å². The molecule has 0 aromatic heterocycles. The molecule has 1 N–H and O–H groups in total. The van der Waals surface area contributed by atoms with Gasteiger partial charge in [-0.05, 0) is 20.3 Å². The predicted octanol–water partition coefficient (Wildman–Crippen LogP) is 0.692. The molecule has 0 unspecified atom stereocenters. The molecule has 0 aromatic rings. The van der Waals surface area contributed by atoms with Gasteiger partial charge in [0.25, 0.3) is 5.79 Å². The second-order valence-corrected chi connectivity index (χ2v) is 6.56. The van der Waals surface area contributed by atoms with Crippen molar-refractivity contribution >= 4 is 5.97 Å². The fourth-order valence-electron chi connectivity index (χ4n) is 4.56. The van der Waals surface area contributed by atoms with Gasteiger partial charge < -0.3 is 19.3 Å². The third kappa shape index (κ3) is 0.899. The van der Waals surface area contributed by atoms with Crippen LogP contribution in [-0.4, -0.2) is 41.5 Å². The summed E-state index contributed by atoms with van der Waals surface area (Å²) in [6.45, 7) is 5.63. The molecule has 6 heteroatoms. The number of carbonyl (C=O) groups is 1. The van der Waals surface area contributed by atoms with Crippen molar-refractivity contribution in [3.8, 4) is 0 Å². The first-order chi connectivity index (χ1) is 9.24. The molecule has 1 spiro atoms. The first kappa shape index (κ1) is 12.6. The molecule has 0 radical (unpaired) electrons. The van der Waals surface area contributed by atoms with Crippen molar-refractivity contribution in [3.05, 3.63) is 11.8 Å². The molecular formula is C14H18O6. The van der Waals surface area contributed by atoms with E-state index in [-0.39, 0.29) is 12.0 Å². The second kappa shape index (κ2) is 3.05. The van der Waals surface area contributed by atoms with Gasteiger partial charge in [0, 0.05) is 5.92 Å². The Balaban J connectivity index is 1.95. The fraction of sp³-hybridized carbons (Fsp3) is 0.786. The minimum absolute atomic E-state index is 0.119. The summed E-state index contributed by atoms with van der Waals surface area (Å²) in [6.07, 6.45) is 1.80. The molecule has 4 aliphatic rings. The van der Waals surface area contributed by atoms with Gasteiger partial charge in [0.15, 0.2) is 5.76 Å². The lowest BCUT2D eigenvalue weighted by Crippen LogP contribution is -2.58. The number of methoxy groups -OCH3 is 1. The van der Waals surface area contributed by atoms with Crippen LogP contribution in [0.4, 0.5) is 0 Å². The molecule has 6 nitrogen and oxygen atoms in total. The summed E-state index contributed by atoms with van der Waals surface area (Å²) in [6, 6.07) is 0. The summed E-state index contributed by atoms with van der Waals surface area (Å²) in [7, 11) is 1.46. The molecule has 4 aliphatic heterocycles. The molecule has 0 saturated carbocycles. The van der Waals surface area contributed by atoms with Crippen molar-refractivity contribution in [3.63, 3.8) is 0 Å². The van der Waals surface area contributed by atoms with E-state index in [1.807, 2.05) is 20.8 Å². The number of aliphatic hydroxyl groups is 1. The number of hydrogen-bond donors (Lipinski definition) is 1. The van der Waals surface area contributed by atoms with Crippen molar-refractivity contribution < 1.29 is 28.8 Å². The summed E-state index contributed by atoms with van der Waals surface area (Å²) >= 11 is 0. The third-order valence-corrected chi connectivity index (χ3v) is 5.97. The molecule has 0 amide bonds. The van der Waals surface area contributed by atoms with Gasteiger partial charge in [0.05, 0.1) is 24.7 Å². The van der Waals surface area contributed by atoms with E-state index in [0.29, 0.717) is 12.2 Å². The fourth-order valence-corrected chi connectivity index (χ4v) is 4.56. The van der Waals surface area contributed by atoms with Crippen LogP contribution in [0.2, 0.25) is 0 Å². The second-order valence-electron chi connectivity index (χ2n) is 6.56. The Hall–Kier alpha value is -1.11. The summed E-state index contributed by atoms with van der Waals surface area (Å²) < 4.78 is 22.8. The van der Waals surface area contributed by atoms with Crippen LogP contribution in [0.1, 0.15) is 27.2 Å². The van der Waals surface area contributed by atoms with Crippen LogP contribution in [-0.2, 0) is 23.7 Å². The lowest BCUT2D eigenvalue weighted by molar-refractivity contribution is -0.308. The van der Waals surface area contributed by atoms with Crippen molar-refractivity contribution in [1.29, 1.82) is 0 Å². The minimum Gasteiger partial charge on any atom is -0.494 e. The van der Waals surface area contributed by atoms with Crippen LogP contribution >= 0.6 is 0 Å².